The van der Waals surface area contributed by atoms with Gasteiger partial charge in [-0.2, -0.15) is 0 Å². The normalized spacial score (nSPS) is 10.7. The lowest BCUT2D eigenvalue weighted by molar-refractivity contribution is 0.409. The molecule has 15 heavy (non-hydrogen) atoms. The van der Waals surface area contributed by atoms with Crippen molar-refractivity contribution in [2.24, 2.45) is 0 Å². The molecular weight excluding hydrogens is 188 g/mol. The Kier molecular flexibility index (Phi) is 4.49. The average Bonchev–Trinajstić information content (AvgIpc) is 2.14. The number of nitrogens with zero attached hydrogens (tertiary/aromatic N) is 3. The minimum Gasteiger partial charge on any atom is -0.370 e. The Labute approximate surface area is 91.7 Å². The lowest BCUT2D eigenvalue weighted by Crippen LogP contribution is -2.17. The largest absolute Gasteiger partial charge is 0.370 e. The second kappa shape index (κ2) is 5.66. The summed E-state index contributed by atoms with van der Waals surface area (Å²) < 4.78 is 0. The van der Waals surface area contributed by atoms with Gasteiger partial charge in [0.15, 0.2) is 0 Å². The van der Waals surface area contributed by atoms with E-state index < -0.39 is 0 Å². The highest BCUT2D eigenvalue weighted by Crippen LogP contribution is 2.06. The van der Waals surface area contributed by atoms with E-state index >= 15 is 0 Å². The Hall–Kier alpha value is -1.16. The molecule has 4 nitrogen and oxygen atoms in total. The van der Waals surface area contributed by atoms with Gasteiger partial charge in [-0.05, 0) is 27.9 Å². The van der Waals surface area contributed by atoms with Crippen LogP contribution in [0, 0.1) is 6.92 Å². The number of anilines is 1. The fourth-order valence-electron chi connectivity index (χ4n) is 1.34. The summed E-state index contributed by atoms with van der Waals surface area (Å²) in [6.07, 6.45) is 0.896. The van der Waals surface area contributed by atoms with E-state index in [2.05, 4.69) is 41.2 Å². The van der Waals surface area contributed by atoms with Crippen molar-refractivity contribution in [3.8, 4) is 0 Å². The lowest BCUT2D eigenvalue weighted by atomic mass is 10.3. The highest BCUT2D eigenvalue weighted by molar-refractivity contribution is 5.35. The molecule has 0 aliphatic carbocycles. The third-order valence-corrected chi connectivity index (χ3v) is 2.04. The molecule has 0 aliphatic rings. The Morgan fingerprint density at radius 3 is 2.67 bits per heavy atom. The summed E-state index contributed by atoms with van der Waals surface area (Å²) in [5.41, 5.74) is 1.02. The standard InChI is InChI=1S/C11H20N4/c1-5-12-11-8-9(2)13-10(14-11)6-7-15(3)4/h8H,5-7H2,1-4H3,(H,12,13,14). The number of hydrogen-bond donors (Lipinski definition) is 1. The van der Waals surface area contributed by atoms with Crippen molar-refractivity contribution in [3.05, 3.63) is 17.6 Å². The van der Waals surface area contributed by atoms with Crippen LogP contribution in [0.25, 0.3) is 0 Å². The van der Waals surface area contributed by atoms with Crippen LogP contribution in [0.2, 0.25) is 0 Å². The van der Waals surface area contributed by atoms with Crippen LogP contribution in [0.3, 0.4) is 0 Å². The number of likely N-dealkylation sites (N-methyl/N-ethyl adjacent to an activating group) is 1. The zero-order chi connectivity index (χ0) is 11.3. The van der Waals surface area contributed by atoms with Gasteiger partial charge in [0.2, 0.25) is 0 Å². The van der Waals surface area contributed by atoms with Gasteiger partial charge in [0.25, 0.3) is 0 Å². The monoisotopic (exact) mass is 208 g/mol. The van der Waals surface area contributed by atoms with Gasteiger partial charge < -0.3 is 10.2 Å². The molecule has 1 aromatic heterocycles. The van der Waals surface area contributed by atoms with Crippen LogP contribution >= 0.6 is 0 Å². The number of hydrogen-bond acceptors (Lipinski definition) is 4. The molecule has 1 aromatic rings. The van der Waals surface area contributed by atoms with Crippen LogP contribution in [0.1, 0.15) is 18.4 Å². The van der Waals surface area contributed by atoms with Crippen molar-refractivity contribution < 1.29 is 0 Å². The van der Waals surface area contributed by atoms with Gasteiger partial charge in [-0.1, -0.05) is 0 Å². The summed E-state index contributed by atoms with van der Waals surface area (Å²) in [4.78, 5) is 11.0. The number of rotatable bonds is 5. The highest BCUT2D eigenvalue weighted by atomic mass is 15.1. The van der Waals surface area contributed by atoms with Crippen molar-refractivity contribution in [2.75, 3.05) is 32.5 Å². The van der Waals surface area contributed by atoms with Gasteiger partial charge in [0.05, 0.1) is 0 Å². The molecule has 0 radical (unpaired) electrons. The Bertz CT molecular complexity index is 309. The molecule has 0 amide bonds. The third-order valence-electron chi connectivity index (χ3n) is 2.04. The summed E-state index contributed by atoms with van der Waals surface area (Å²) in [5.74, 6) is 1.85. The maximum absolute atomic E-state index is 4.45. The molecule has 84 valence electrons. The summed E-state index contributed by atoms with van der Waals surface area (Å²) in [6, 6.07) is 1.97. The van der Waals surface area contributed by atoms with E-state index in [0.717, 1.165) is 36.8 Å². The minimum absolute atomic E-state index is 0.892. The molecule has 0 atom stereocenters. The van der Waals surface area contributed by atoms with Gasteiger partial charge in [-0.25, -0.2) is 9.97 Å². The Morgan fingerprint density at radius 1 is 1.33 bits per heavy atom. The summed E-state index contributed by atoms with van der Waals surface area (Å²) >= 11 is 0. The summed E-state index contributed by atoms with van der Waals surface area (Å²) in [6.45, 7) is 5.94. The van der Waals surface area contributed by atoms with Crippen molar-refractivity contribution in [3.63, 3.8) is 0 Å². The highest BCUT2D eigenvalue weighted by Gasteiger charge is 2.02. The number of aromatic nitrogens is 2. The first-order valence-electron chi connectivity index (χ1n) is 5.35. The maximum Gasteiger partial charge on any atom is 0.132 e. The molecule has 0 unspecified atom stereocenters. The lowest BCUT2D eigenvalue weighted by Gasteiger charge is -2.10. The van der Waals surface area contributed by atoms with E-state index in [0.29, 0.717) is 0 Å². The third kappa shape index (κ3) is 4.25. The molecule has 1 N–H and O–H groups in total. The summed E-state index contributed by atoms with van der Waals surface area (Å²) in [5, 5.41) is 3.21. The number of aryl methyl sites for hydroxylation is 1. The molecule has 0 spiro atoms. The van der Waals surface area contributed by atoms with Crippen molar-refractivity contribution >= 4 is 5.82 Å². The predicted octanol–water partition coefficient (Wildman–Crippen LogP) is 1.32. The van der Waals surface area contributed by atoms with E-state index in [1.54, 1.807) is 0 Å². The predicted molar refractivity (Wildman–Crippen MR) is 63.2 cm³/mol. The second-order valence-electron chi connectivity index (χ2n) is 3.89. The molecule has 1 heterocycles. The molecule has 1 rings (SSSR count). The fourth-order valence-corrected chi connectivity index (χ4v) is 1.34. The van der Waals surface area contributed by atoms with Gasteiger partial charge in [-0.3, -0.25) is 0 Å². The first kappa shape index (κ1) is 11.9. The van der Waals surface area contributed by atoms with Crippen molar-refractivity contribution in [1.29, 1.82) is 0 Å². The van der Waals surface area contributed by atoms with Crippen molar-refractivity contribution in [2.45, 2.75) is 20.3 Å². The topological polar surface area (TPSA) is 41.1 Å². The van der Waals surface area contributed by atoms with Crippen molar-refractivity contribution in [1.82, 2.24) is 14.9 Å². The van der Waals surface area contributed by atoms with Gasteiger partial charge in [-0.15, -0.1) is 0 Å². The molecule has 0 bridgehead atoms. The van der Waals surface area contributed by atoms with Crippen LogP contribution in [-0.2, 0) is 6.42 Å². The Morgan fingerprint density at radius 2 is 2.07 bits per heavy atom. The quantitative estimate of drug-likeness (QED) is 0.792. The van der Waals surface area contributed by atoms with Crippen LogP contribution in [-0.4, -0.2) is 42.1 Å². The van der Waals surface area contributed by atoms with Crippen LogP contribution in [0.4, 0.5) is 5.82 Å². The smallest absolute Gasteiger partial charge is 0.132 e. The first-order chi connectivity index (χ1) is 7.11. The van der Waals surface area contributed by atoms with Gasteiger partial charge >= 0.3 is 0 Å². The van der Waals surface area contributed by atoms with Crippen LogP contribution in [0.15, 0.2) is 6.07 Å². The van der Waals surface area contributed by atoms with Crippen LogP contribution < -0.4 is 5.32 Å². The van der Waals surface area contributed by atoms with E-state index in [-0.39, 0.29) is 0 Å². The molecule has 0 aliphatic heterocycles. The average molecular weight is 208 g/mol. The maximum atomic E-state index is 4.45. The zero-order valence-corrected chi connectivity index (χ0v) is 10.0. The van der Waals surface area contributed by atoms with E-state index in [4.69, 9.17) is 0 Å². The minimum atomic E-state index is 0.892. The first-order valence-corrected chi connectivity index (χ1v) is 5.35. The van der Waals surface area contributed by atoms with E-state index in [1.165, 1.54) is 0 Å². The zero-order valence-electron chi connectivity index (χ0n) is 10.0. The van der Waals surface area contributed by atoms with Crippen LogP contribution in [0.5, 0.6) is 0 Å². The van der Waals surface area contributed by atoms with Gasteiger partial charge in [0.1, 0.15) is 11.6 Å². The molecule has 0 saturated carbocycles. The Balaban J connectivity index is 2.70. The molecule has 0 saturated heterocycles. The van der Waals surface area contributed by atoms with E-state index in [1.807, 2.05) is 13.0 Å². The van der Waals surface area contributed by atoms with Gasteiger partial charge in [0, 0.05) is 31.3 Å². The summed E-state index contributed by atoms with van der Waals surface area (Å²) in [7, 11) is 4.11. The molecule has 0 fully saturated rings. The fraction of sp³-hybridized carbons (Fsp3) is 0.636. The van der Waals surface area contributed by atoms with E-state index in [9.17, 15) is 0 Å². The molecule has 0 aromatic carbocycles. The molecular formula is C11H20N4. The second-order valence-corrected chi connectivity index (χ2v) is 3.89. The molecule has 4 heteroatoms. The SMILES string of the molecule is CCNc1cc(C)nc(CCN(C)C)n1. The number of nitrogens with one attached hydrogen (secondary N) is 1.